The second-order valence-electron chi connectivity index (χ2n) is 9.53. The van der Waals surface area contributed by atoms with Crippen molar-refractivity contribution < 1.29 is 23.8 Å². The number of hydrogen-bond acceptors (Lipinski definition) is 5. The molecule has 2 aromatic carbocycles. The summed E-state index contributed by atoms with van der Waals surface area (Å²) in [5.74, 6) is 0.766. The molecule has 1 amide bonds. The Morgan fingerprint density at radius 2 is 1.94 bits per heavy atom. The summed E-state index contributed by atoms with van der Waals surface area (Å²) in [7, 11) is 0. The lowest BCUT2D eigenvalue weighted by molar-refractivity contribution is -0.136. The second-order valence-corrected chi connectivity index (χ2v) is 9.53. The summed E-state index contributed by atoms with van der Waals surface area (Å²) in [4.78, 5) is 25.5. The van der Waals surface area contributed by atoms with Gasteiger partial charge in [0.2, 0.25) is 17.4 Å². The Labute approximate surface area is 201 Å². The number of carbonyl (C=O) groups excluding carboxylic acids is 2. The van der Waals surface area contributed by atoms with Crippen molar-refractivity contribution in [3.63, 3.8) is 0 Å². The van der Waals surface area contributed by atoms with Crippen LogP contribution < -0.4 is 10.1 Å². The molecule has 6 heteroatoms. The summed E-state index contributed by atoms with van der Waals surface area (Å²) in [6.45, 7) is 8.10. The van der Waals surface area contributed by atoms with E-state index >= 15 is 0 Å². The Bertz CT molecular complexity index is 1090. The van der Waals surface area contributed by atoms with Gasteiger partial charge in [0.05, 0.1) is 12.0 Å². The first-order valence-corrected chi connectivity index (χ1v) is 12.0. The van der Waals surface area contributed by atoms with Crippen LogP contribution in [0.3, 0.4) is 0 Å². The normalized spacial score (nSPS) is 22.0. The van der Waals surface area contributed by atoms with Gasteiger partial charge in [0.1, 0.15) is 24.7 Å². The SMILES string of the molecule is Cc1ccc(C)c(OC2=COC3CC(OCC(=O)Nc4ccccc4C(C)C)CCC3C2=O)c1. The van der Waals surface area contributed by atoms with Crippen LogP contribution in [-0.4, -0.2) is 30.5 Å². The molecule has 180 valence electrons. The third-order valence-electron chi connectivity index (χ3n) is 6.54. The molecule has 34 heavy (non-hydrogen) atoms. The lowest BCUT2D eigenvalue weighted by atomic mass is 9.80. The van der Waals surface area contributed by atoms with E-state index in [1.807, 2.05) is 56.3 Å². The first-order valence-electron chi connectivity index (χ1n) is 12.0. The van der Waals surface area contributed by atoms with E-state index in [0.717, 1.165) is 22.4 Å². The molecule has 0 saturated heterocycles. The Balaban J connectivity index is 1.31. The van der Waals surface area contributed by atoms with Gasteiger partial charge in [-0.1, -0.05) is 44.2 Å². The van der Waals surface area contributed by atoms with Crippen LogP contribution in [-0.2, 0) is 19.1 Å². The molecule has 0 aromatic heterocycles. The van der Waals surface area contributed by atoms with Gasteiger partial charge in [-0.15, -0.1) is 0 Å². The number of ketones is 1. The molecule has 0 radical (unpaired) electrons. The summed E-state index contributed by atoms with van der Waals surface area (Å²) >= 11 is 0. The summed E-state index contributed by atoms with van der Waals surface area (Å²) in [6, 6.07) is 13.7. The molecule has 0 spiro atoms. The molecular formula is C28H33NO5. The predicted octanol–water partition coefficient (Wildman–Crippen LogP) is 5.44. The number of allylic oxidation sites excluding steroid dienone is 1. The largest absolute Gasteiger partial charge is 0.493 e. The van der Waals surface area contributed by atoms with Crippen LogP contribution in [0.2, 0.25) is 0 Å². The van der Waals surface area contributed by atoms with Gasteiger partial charge in [-0.25, -0.2) is 0 Å². The number of para-hydroxylation sites is 1. The molecule has 0 bridgehead atoms. The van der Waals surface area contributed by atoms with Gasteiger partial charge in [0.25, 0.3) is 0 Å². The Morgan fingerprint density at radius 3 is 2.74 bits per heavy atom. The summed E-state index contributed by atoms with van der Waals surface area (Å²) in [5.41, 5.74) is 3.94. The quantitative estimate of drug-likeness (QED) is 0.592. The molecule has 1 N–H and O–H groups in total. The highest BCUT2D eigenvalue weighted by atomic mass is 16.5. The lowest BCUT2D eigenvalue weighted by Gasteiger charge is -2.37. The first kappa shape index (κ1) is 24.0. The third-order valence-corrected chi connectivity index (χ3v) is 6.54. The van der Waals surface area contributed by atoms with Crippen LogP contribution in [0.15, 0.2) is 54.5 Å². The van der Waals surface area contributed by atoms with Crippen LogP contribution >= 0.6 is 0 Å². The van der Waals surface area contributed by atoms with Crippen LogP contribution in [0.4, 0.5) is 5.69 Å². The smallest absolute Gasteiger partial charge is 0.250 e. The van der Waals surface area contributed by atoms with Gasteiger partial charge >= 0.3 is 0 Å². The number of aryl methyl sites for hydroxylation is 2. The van der Waals surface area contributed by atoms with Gasteiger partial charge in [0.15, 0.2) is 0 Å². The van der Waals surface area contributed by atoms with E-state index in [0.29, 0.717) is 30.9 Å². The molecule has 1 aliphatic heterocycles. The summed E-state index contributed by atoms with van der Waals surface area (Å²) < 4.78 is 17.7. The average molecular weight is 464 g/mol. The van der Waals surface area contributed by atoms with E-state index in [2.05, 4.69) is 19.2 Å². The van der Waals surface area contributed by atoms with Crippen molar-refractivity contribution in [3.05, 3.63) is 71.2 Å². The van der Waals surface area contributed by atoms with E-state index in [-0.39, 0.29) is 42.2 Å². The van der Waals surface area contributed by atoms with Crippen molar-refractivity contribution >= 4 is 17.4 Å². The zero-order valence-corrected chi connectivity index (χ0v) is 20.3. The standard InChI is InChI=1S/C28H33NO5/c1-17(2)21-7-5-6-8-23(21)29-27(30)16-32-20-11-12-22-25(14-20)33-15-26(28(22)31)34-24-13-18(3)9-10-19(24)4/h5-10,13,15,17,20,22,25H,11-12,14,16H2,1-4H3,(H,29,30). The molecule has 3 unspecified atom stereocenters. The number of anilines is 1. The Hall–Kier alpha value is -3.12. The van der Waals surface area contributed by atoms with Crippen molar-refractivity contribution in [3.8, 4) is 5.75 Å². The van der Waals surface area contributed by atoms with Gasteiger partial charge in [0, 0.05) is 12.1 Å². The fourth-order valence-electron chi connectivity index (χ4n) is 4.59. The van der Waals surface area contributed by atoms with E-state index in [9.17, 15) is 9.59 Å². The number of carbonyl (C=O) groups is 2. The maximum absolute atomic E-state index is 13.0. The number of rotatable bonds is 7. The molecule has 3 atom stereocenters. The first-order chi connectivity index (χ1) is 16.3. The topological polar surface area (TPSA) is 73.9 Å². The summed E-state index contributed by atoms with van der Waals surface area (Å²) in [6.07, 6.45) is 2.95. The van der Waals surface area contributed by atoms with E-state index in [4.69, 9.17) is 14.2 Å². The van der Waals surface area contributed by atoms with Crippen molar-refractivity contribution in [1.82, 2.24) is 0 Å². The van der Waals surface area contributed by atoms with Crippen molar-refractivity contribution in [2.75, 3.05) is 11.9 Å². The van der Waals surface area contributed by atoms with Crippen LogP contribution in [0.1, 0.15) is 55.7 Å². The molecule has 1 fully saturated rings. The minimum absolute atomic E-state index is 0.0285. The lowest BCUT2D eigenvalue weighted by Crippen LogP contribution is -2.43. The highest BCUT2D eigenvalue weighted by Crippen LogP contribution is 2.35. The van der Waals surface area contributed by atoms with Crippen molar-refractivity contribution in [2.24, 2.45) is 5.92 Å². The summed E-state index contributed by atoms with van der Waals surface area (Å²) in [5, 5.41) is 2.96. The third kappa shape index (κ3) is 5.50. The van der Waals surface area contributed by atoms with Crippen LogP contribution in [0.5, 0.6) is 5.75 Å². The molecule has 2 aromatic rings. The molecule has 1 heterocycles. The van der Waals surface area contributed by atoms with E-state index in [1.54, 1.807) is 0 Å². The number of fused-ring (bicyclic) bond motifs is 1. The minimum Gasteiger partial charge on any atom is -0.493 e. The molecule has 1 saturated carbocycles. The maximum Gasteiger partial charge on any atom is 0.250 e. The van der Waals surface area contributed by atoms with E-state index < -0.39 is 0 Å². The number of benzene rings is 2. The van der Waals surface area contributed by atoms with Crippen molar-refractivity contribution in [1.29, 1.82) is 0 Å². The fourth-order valence-corrected chi connectivity index (χ4v) is 4.59. The van der Waals surface area contributed by atoms with E-state index in [1.165, 1.54) is 6.26 Å². The molecular weight excluding hydrogens is 430 g/mol. The second kappa shape index (κ2) is 10.4. The van der Waals surface area contributed by atoms with Gasteiger partial charge in [-0.2, -0.15) is 0 Å². The molecule has 1 aliphatic carbocycles. The van der Waals surface area contributed by atoms with Crippen molar-refractivity contribution in [2.45, 2.75) is 65.1 Å². The average Bonchev–Trinajstić information content (AvgIpc) is 2.82. The van der Waals surface area contributed by atoms with Gasteiger partial charge < -0.3 is 19.5 Å². The Morgan fingerprint density at radius 1 is 1.15 bits per heavy atom. The Kier molecular flexibility index (Phi) is 7.37. The van der Waals surface area contributed by atoms with Crippen LogP contribution in [0.25, 0.3) is 0 Å². The van der Waals surface area contributed by atoms with Gasteiger partial charge in [-0.3, -0.25) is 9.59 Å². The van der Waals surface area contributed by atoms with Crippen LogP contribution in [0, 0.1) is 19.8 Å². The molecule has 4 rings (SSSR count). The number of ether oxygens (including phenoxy) is 3. The highest BCUT2D eigenvalue weighted by molar-refractivity contribution is 5.96. The van der Waals surface area contributed by atoms with Gasteiger partial charge in [-0.05, 0) is 61.4 Å². The molecule has 2 aliphatic rings. The fraction of sp³-hybridized carbons (Fsp3) is 0.429. The number of nitrogens with one attached hydrogen (secondary N) is 1. The molecule has 6 nitrogen and oxygen atoms in total. The monoisotopic (exact) mass is 463 g/mol. The zero-order valence-electron chi connectivity index (χ0n) is 20.3. The predicted molar refractivity (Wildman–Crippen MR) is 131 cm³/mol. The highest BCUT2D eigenvalue weighted by Gasteiger charge is 2.41. The number of Topliss-reactive ketones (excluding diaryl/α,β-unsaturated/α-hetero) is 1. The number of hydrogen-bond donors (Lipinski definition) is 1. The number of amides is 1. The zero-order chi connectivity index (χ0) is 24.2. The maximum atomic E-state index is 13.0. The minimum atomic E-state index is -0.262.